The van der Waals surface area contributed by atoms with Crippen molar-refractivity contribution < 1.29 is 14.4 Å². The summed E-state index contributed by atoms with van der Waals surface area (Å²) < 4.78 is 5.57. The highest BCUT2D eigenvalue weighted by Crippen LogP contribution is 2.38. The summed E-state index contributed by atoms with van der Waals surface area (Å²) in [5.41, 5.74) is 2.44. The molecule has 2 saturated heterocycles. The number of amides is 1. The average Bonchev–Trinajstić information content (AvgIpc) is 2.74. The van der Waals surface area contributed by atoms with E-state index in [0.717, 1.165) is 19.3 Å². The second kappa shape index (κ2) is 3.64. The van der Waals surface area contributed by atoms with Gasteiger partial charge in [0.2, 0.25) is 5.91 Å². The monoisotopic (exact) mass is 185 g/mol. The van der Waals surface area contributed by atoms with Gasteiger partial charge < -0.3 is 4.74 Å². The third-order valence-corrected chi connectivity index (χ3v) is 2.76. The number of hydroxylamine groups is 1. The van der Waals surface area contributed by atoms with Crippen LogP contribution >= 0.6 is 0 Å². The Morgan fingerprint density at radius 1 is 1.62 bits per heavy atom. The SMILES string of the molecule is CCONC(=O)[C@@H]1C[C@H]2CC[C@@H]1O2. The molecule has 2 aliphatic rings. The van der Waals surface area contributed by atoms with Crippen molar-refractivity contribution in [1.29, 1.82) is 0 Å². The van der Waals surface area contributed by atoms with E-state index in [1.165, 1.54) is 0 Å². The molecule has 4 heteroatoms. The molecule has 1 amide bonds. The van der Waals surface area contributed by atoms with Crippen molar-refractivity contribution in [2.24, 2.45) is 5.92 Å². The van der Waals surface area contributed by atoms with Crippen molar-refractivity contribution in [2.75, 3.05) is 6.61 Å². The fourth-order valence-electron chi connectivity index (χ4n) is 2.13. The fraction of sp³-hybridized carbons (Fsp3) is 0.889. The van der Waals surface area contributed by atoms with Crippen molar-refractivity contribution in [3.05, 3.63) is 0 Å². The number of hydrogen-bond acceptors (Lipinski definition) is 3. The molecule has 0 radical (unpaired) electrons. The molecule has 4 nitrogen and oxygen atoms in total. The highest BCUT2D eigenvalue weighted by molar-refractivity contribution is 5.78. The second-order valence-corrected chi connectivity index (χ2v) is 3.62. The number of ether oxygens (including phenoxy) is 1. The van der Waals surface area contributed by atoms with Crippen molar-refractivity contribution in [2.45, 2.75) is 38.4 Å². The summed E-state index contributed by atoms with van der Waals surface area (Å²) in [4.78, 5) is 16.3. The zero-order chi connectivity index (χ0) is 9.26. The second-order valence-electron chi connectivity index (χ2n) is 3.62. The van der Waals surface area contributed by atoms with E-state index >= 15 is 0 Å². The van der Waals surface area contributed by atoms with Crippen LogP contribution in [0.5, 0.6) is 0 Å². The lowest BCUT2D eigenvalue weighted by atomic mass is 9.89. The maximum absolute atomic E-state index is 11.5. The van der Waals surface area contributed by atoms with E-state index in [1.807, 2.05) is 6.92 Å². The van der Waals surface area contributed by atoms with E-state index in [0.29, 0.717) is 12.7 Å². The first-order valence-electron chi connectivity index (χ1n) is 4.88. The lowest BCUT2D eigenvalue weighted by Crippen LogP contribution is -2.35. The summed E-state index contributed by atoms with van der Waals surface area (Å²) in [5.74, 6) is -0.000602. The molecule has 0 spiro atoms. The molecule has 13 heavy (non-hydrogen) atoms. The lowest BCUT2D eigenvalue weighted by Gasteiger charge is -2.17. The van der Waals surface area contributed by atoms with Crippen LogP contribution in [-0.2, 0) is 14.4 Å². The number of carbonyl (C=O) groups excluding carboxylic acids is 1. The molecule has 2 aliphatic heterocycles. The van der Waals surface area contributed by atoms with Crippen LogP contribution in [-0.4, -0.2) is 24.7 Å². The zero-order valence-electron chi connectivity index (χ0n) is 7.79. The molecule has 1 N–H and O–H groups in total. The highest BCUT2D eigenvalue weighted by Gasteiger charge is 2.44. The Bertz CT molecular complexity index is 207. The normalized spacial score (nSPS) is 36.5. The Labute approximate surface area is 77.5 Å². The number of hydrogen-bond donors (Lipinski definition) is 1. The van der Waals surface area contributed by atoms with E-state index in [-0.39, 0.29) is 17.9 Å². The molecule has 0 aromatic rings. The van der Waals surface area contributed by atoms with Crippen LogP contribution in [0.2, 0.25) is 0 Å². The maximum atomic E-state index is 11.5. The molecule has 0 aromatic heterocycles. The van der Waals surface area contributed by atoms with Gasteiger partial charge >= 0.3 is 0 Å². The molecule has 0 saturated carbocycles. The molecular weight excluding hydrogens is 170 g/mol. The predicted octanol–water partition coefficient (Wildman–Crippen LogP) is 0.622. The molecule has 3 atom stereocenters. The molecule has 0 unspecified atom stereocenters. The molecule has 2 fully saturated rings. The quantitative estimate of drug-likeness (QED) is 0.656. The van der Waals surface area contributed by atoms with Crippen molar-refractivity contribution in [3.63, 3.8) is 0 Å². The molecule has 2 heterocycles. The standard InChI is InChI=1S/C9H15NO3/c1-2-12-10-9(11)7-5-6-3-4-8(7)13-6/h6-8H,2-5H2,1H3,(H,10,11)/t6-,7-,8+/m1/s1. The van der Waals surface area contributed by atoms with Gasteiger partial charge in [-0.3, -0.25) is 9.63 Å². The van der Waals surface area contributed by atoms with Gasteiger partial charge in [-0.1, -0.05) is 0 Å². The van der Waals surface area contributed by atoms with Gasteiger partial charge in [-0.2, -0.15) is 0 Å². The molecular formula is C9H15NO3. The third kappa shape index (κ3) is 1.69. The number of nitrogens with one attached hydrogen (secondary N) is 1. The molecule has 74 valence electrons. The molecule has 2 bridgehead atoms. The molecule has 0 aliphatic carbocycles. The van der Waals surface area contributed by atoms with Gasteiger partial charge in [0.15, 0.2) is 0 Å². The predicted molar refractivity (Wildman–Crippen MR) is 45.8 cm³/mol. The average molecular weight is 185 g/mol. The number of fused-ring (bicyclic) bond motifs is 2. The Morgan fingerprint density at radius 2 is 2.46 bits per heavy atom. The van der Waals surface area contributed by atoms with Gasteiger partial charge in [0, 0.05) is 0 Å². The summed E-state index contributed by atoms with van der Waals surface area (Å²) in [7, 11) is 0. The van der Waals surface area contributed by atoms with Gasteiger partial charge in [-0.25, -0.2) is 5.48 Å². The van der Waals surface area contributed by atoms with Crippen LogP contribution in [0.15, 0.2) is 0 Å². The van der Waals surface area contributed by atoms with Crippen LogP contribution < -0.4 is 5.48 Å². The van der Waals surface area contributed by atoms with E-state index in [9.17, 15) is 4.79 Å². The molecule has 2 rings (SSSR count). The van der Waals surface area contributed by atoms with Crippen molar-refractivity contribution in [1.82, 2.24) is 5.48 Å². The minimum Gasteiger partial charge on any atom is -0.374 e. The summed E-state index contributed by atoms with van der Waals surface area (Å²) in [6.07, 6.45) is 3.47. The first-order chi connectivity index (χ1) is 6.31. The Kier molecular flexibility index (Phi) is 2.51. The van der Waals surface area contributed by atoms with E-state index < -0.39 is 0 Å². The third-order valence-electron chi connectivity index (χ3n) is 2.76. The van der Waals surface area contributed by atoms with Gasteiger partial charge in [0.05, 0.1) is 24.7 Å². The Hall–Kier alpha value is -0.610. The van der Waals surface area contributed by atoms with Gasteiger partial charge in [0.25, 0.3) is 0 Å². The summed E-state index contributed by atoms with van der Waals surface area (Å²) in [6, 6.07) is 0. The first-order valence-corrected chi connectivity index (χ1v) is 4.88. The number of rotatable bonds is 3. The van der Waals surface area contributed by atoms with Crippen LogP contribution in [0.25, 0.3) is 0 Å². The van der Waals surface area contributed by atoms with Crippen molar-refractivity contribution >= 4 is 5.91 Å². The first kappa shape index (κ1) is 8.97. The van der Waals surface area contributed by atoms with E-state index in [1.54, 1.807) is 0 Å². The smallest absolute Gasteiger partial charge is 0.249 e. The van der Waals surface area contributed by atoms with Crippen LogP contribution in [0, 0.1) is 5.92 Å². The van der Waals surface area contributed by atoms with E-state index in [4.69, 9.17) is 9.57 Å². The summed E-state index contributed by atoms with van der Waals surface area (Å²) >= 11 is 0. The lowest BCUT2D eigenvalue weighted by molar-refractivity contribution is -0.139. The Balaban J connectivity index is 1.84. The largest absolute Gasteiger partial charge is 0.374 e. The van der Waals surface area contributed by atoms with Crippen LogP contribution in [0.1, 0.15) is 26.2 Å². The summed E-state index contributed by atoms with van der Waals surface area (Å²) in [6.45, 7) is 2.35. The summed E-state index contributed by atoms with van der Waals surface area (Å²) in [5, 5.41) is 0. The number of carbonyl (C=O) groups is 1. The molecule has 0 aromatic carbocycles. The van der Waals surface area contributed by atoms with Crippen LogP contribution in [0.3, 0.4) is 0 Å². The minimum absolute atomic E-state index is 0.0188. The van der Waals surface area contributed by atoms with Gasteiger partial charge in [-0.15, -0.1) is 0 Å². The van der Waals surface area contributed by atoms with E-state index in [2.05, 4.69) is 5.48 Å². The Morgan fingerprint density at radius 3 is 3.00 bits per heavy atom. The van der Waals surface area contributed by atoms with Gasteiger partial charge in [0.1, 0.15) is 0 Å². The maximum Gasteiger partial charge on any atom is 0.249 e. The van der Waals surface area contributed by atoms with Crippen molar-refractivity contribution in [3.8, 4) is 0 Å². The minimum atomic E-state index is -0.0194. The fourth-order valence-corrected chi connectivity index (χ4v) is 2.13. The zero-order valence-corrected chi connectivity index (χ0v) is 7.79. The van der Waals surface area contributed by atoms with Crippen LogP contribution in [0.4, 0.5) is 0 Å². The van der Waals surface area contributed by atoms with Gasteiger partial charge in [-0.05, 0) is 26.2 Å². The topological polar surface area (TPSA) is 47.6 Å². The highest BCUT2D eigenvalue weighted by atomic mass is 16.6.